The molecule has 0 radical (unpaired) electrons. The average molecular weight is 597 g/mol. The molecule has 2 N–H and O–H groups in total. The molecule has 3 aromatic heterocycles. The number of methoxy groups -OCH3 is 2. The molecule has 4 aromatic rings. The molecule has 0 atom stereocenters. The summed E-state index contributed by atoms with van der Waals surface area (Å²) in [6.07, 6.45) is 4.67. The second-order valence-electron chi connectivity index (χ2n) is 9.27. The Hall–Kier alpha value is -4.01. The average Bonchev–Trinajstić information content (AvgIpc) is 3.41. The maximum atomic E-state index is 11.8. The molecule has 0 bridgehead atoms. The quantitative estimate of drug-likeness (QED) is 0.276. The molecular weight excluding hydrogens is 564 g/mol. The minimum absolute atomic E-state index is 0.423. The summed E-state index contributed by atoms with van der Waals surface area (Å²) in [7, 11) is 0.0580. The number of anilines is 4. The fraction of sp³-hybridized carbons (Fsp3) is 0.333. The van der Waals surface area contributed by atoms with Crippen molar-refractivity contribution in [1.82, 2.24) is 24.2 Å². The highest BCUT2D eigenvalue weighted by atomic mass is 32.2. The van der Waals surface area contributed by atoms with Gasteiger partial charge in [-0.25, -0.2) is 28.4 Å². The topological polar surface area (TPSA) is 135 Å². The maximum absolute atomic E-state index is 11.8. The fourth-order valence-corrected chi connectivity index (χ4v) is 6.28. The third-order valence-electron chi connectivity index (χ3n) is 6.50. The van der Waals surface area contributed by atoms with Crippen LogP contribution in [0.3, 0.4) is 0 Å². The van der Waals surface area contributed by atoms with Crippen molar-refractivity contribution in [2.45, 2.75) is 6.92 Å². The van der Waals surface area contributed by atoms with Gasteiger partial charge in [-0.1, -0.05) is 11.3 Å². The molecule has 12 nitrogen and oxygen atoms in total. The van der Waals surface area contributed by atoms with Crippen LogP contribution in [0.2, 0.25) is 0 Å². The smallest absolute Gasteiger partial charge is 0.227 e. The first-order valence-corrected chi connectivity index (χ1v) is 15.7. The van der Waals surface area contributed by atoms with E-state index in [-0.39, 0.29) is 0 Å². The van der Waals surface area contributed by atoms with E-state index in [1.165, 1.54) is 21.9 Å². The normalized spacial score (nSPS) is 14.1. The number of nitrogens with one attached hydrogen (secondary N) is 2. The second kappa shape index (κ2) is 12.2. The van der Waals surface area contributed by atoms with Crippen molar-refractivity contribution in [3.8, 4) is 33.3 Å². The van der Waals surface area contributed by atoms with E-state index in [0.717, 1.165) is 39.3 Å². The van der Waals surface area contributed by atoms with Crippen molar-refractivity contribution in [2.75, 3.05) is 68.7 Å². The highest BCUT2D eigenvalue weighted by molar-refractivity contribution is 7.88. The van der Waals surface area contributed by atoms with Gasteiger partial charge in [-0.2, -0.15) is 4.31 Å². The summed E-state index contributed by atoms with van der Waals surface area (Å²) >= 11 is 1.51. The van der Waals surface area contributed by atoms with Gasteiger partial charge in [0.05, 0.1) is 48.6 Å². The molecule has 1 aliphatic rings. The number of piperazine rings is 1. The number of pyridine rings is 1. The summed E-state index contributed by atoms with van der Waals surface area (Å²) in [6.45, 7) is 4.82. The first-order valence-electron chi connectivity index (χ1n) is 13.0. The van der Waals surface area contributed by atoms with E-state index in [0.29, 0.717) is 49.3 Å². The lowest BCUT2D eigenvalue weighted by molar-refractivity contribution is 0.387. The molecule has 1 aliphatic heterocycles. The molecule has 0 amide bonds. The predicted octanol–water partition coefficient (Wildman–Crippen LogP) is 3.94. The lowest BCUT2D eigenvalue weighted by atomic mass is 10.1. The number of aromatic nitrogens is 4. The lowest BCUT2D eigenvalue weighted by Gasteiger charge is -2.33. The molecule has 0 saturated carbocycles. The van der Waals surface area contributed by atoms with E-state index in [1.54, 1.807) is 26.6 Å². The molecule has 1 fully saturated rings. The van der Waals surface area contributed by atoms with Crippen LogP contribution in [0.1, 0.15) is 6.92 Å². The number of benzene rings is 1. The molecule has 14 heteroatoms. The van der Waals surface area contributed by atoms with E-state index in [1.807, 2.05) is 43.3 Å². The molecule has 1 aromatic carbocycles. The van der Waals surface area contributed by atoms with Gasteiger partial charge in [0.15, 0.2) is 5.13 Å². The first-order chi connectivity index (χ1) is 19.8. The lowest BCUT2D eigenvalue weighted by Crippen LogP contribution is -2.48. The molecule has 5 rings (SSSR count). The number of rotatable bonds is 10. The van der Waals surface area contributed by atoms with Crippen LogP contribution in [0.5, 0.6) is 11.5 Å². The molecule has 41 heavy (non-hydrogen) atoms. The van der Waals surface area contributed by atoms with Crippen molar-refractivity contribution in [3.05, 3.63) is 48.8 Å². The Morgan fingerprint density at radius 3 is 2.32 bits per heavy atom. The number of sulfonamides is 1. The van der Waals surface area contributed by atoms with Gasteiger partial charge in [0.2, 0.25) is 16.0 Å². The highest BCUT2D eigenvalue weighted by Gasteiger charge is 2.24. The Morgan fingerprint density at radius 2 is 1.71 bits per heavy atom. The van der Waals surface area contributed by atoms with Gasteiger partial charge in [-0.3, -0.25) is 0 Å². The predicted molar refractivity (Wildman–Crippen MR) is 162 cm³/mol. The Morgan fingerprint density at radius 1 is 0.976 bits per heavy atom. The molecular formula is C27H32N8O4S2. The Balaban J connectivity index is 1.37. The summed E-state index contributed by atoms with van der Waals surface area (Å²) in [4.78, 5) is 21.6. The van der Waals surface area contributed by atoms with Crippen LogP contribution in [0.4, 0.5) is 22.6 Å². The third-order valence-corrected chi connectivity index (χ3v) is 8.84. The number of hydrogen-bond acceptors (Lipinski definition) is 12. The molecule has 0 spiro atoms. The summed E-state index contributed by atoms with van der Waals surface area (Å²) in [5.41, 5.74) is 3.06. The number of thiazole rings is 1. The van der Waals surface area contributed by atoms with Crippen molar-refractivity contribution in [2.24, 2.45) is 0 Å². The molecule has 216 valence electrons. The van der Waals surface area contributed by atoms with Gasteiger partial charge >= 0.3 is 0 Å². The molecule has 1 saturated heterocycles. The largest absolute Gasteiger partial charge is 0.497 e. The van der Waals surface area contributed by atoms with E-state index in [9.17, 15) is 8.42 Å². The Kier molecular flexibility index (Phi) is 8.52. The van der Waals surface area contributed by atoms with E-state index >= 15 is 0 Å². The minimum Gasteiger partial charge on any atom is -0.497 e. The monoisotopic (exact) mass is 596 g/mol. The Bertz CT molecular complexity index is 1580. The van der Waals surface area contributed by atoms with Crippen LogP contribution >= 0.6 is 11.3 Å². The summed E-state index contributed by atoms with van der Waals surface area (Å²) in [5.74, 6) is 2.55. The van der Waals surface area contributed by atoms with Gasteiger partial charge in [-0.05, 0) is 37.3 Å². The minimum atomic E-state index is -3.18. The van der Waals surface area contributed by atoms with E-state index in [4.69, 9.17) is 19.4 Å². The van der Waals surface area contributed by atoms with Crippen LogP contribution < -0.4 is 25.0 Å². The SMILES string of the molecule is CCNc1nc(-c2cc(OC)cc(OC)c2)c(-c2ccnc(Nc3ccc(N4CCN(S(C)(=O)=O)CC4)nc3)n2)s1. The van der Waals surface area contributed by atoms with Crippen molar-refractivity contribution in [1.29, 1.82) is 0 Å². The highest BCUT2D eigenvalue weighted by Crippen LogP contribution is 2.40. The first kappa shape index (κ1) is 28.5. The van der Waals surface area contributed by atoms with Crippen LogP contribution in [-0.2, 0) is 10.0 Å². The van der Waals surface area contributed by atoms with Gasteiger partial charge in [0.25, 0.3) is 0 Å². The standard InChI is InChI=1S/C27H32N8O4S2/c1-5-28-27-33-24(18-14-20(38-2)16-21(15-18)39-3)25(40-27)22-8-9-29-26(32-22)31-19-6-7-23(30-17-19)34-10-12-35(13-11-34)41(4,36)37/h6-9,14-17H,5,10-13H2,1-4H3,(H,28,33)(H,29,31,32). The van der Waals surface area contributed by atoms with E-state index in [2.05, 4.69) is 25.5 Å². The van der Waals surface area contributed by atoms with Gasteiger partial charge in [-0.15, -0.1) is 0 Å². The number of ether oxygens (including phenoxy) is 2. The van der Waals surface area contributed by atoms with Crippen molar-refractivity contribution < 1.29 is 17.9 Å². The van der Waals surface area contributed by atoms with Crippen molar-refractivity contribution >= 4 is 43.9 Å². The Labute approximate surface area is 243 Å². The van der Waals surface area contributed by atoms with Gasteiger partial charge in [0, 0.05) is 50.6 Å². The van der Waals surface area contributed by atoms with Crippen molar-refractivity contribution in [3.63, 3.8) is 0 Å². The number of hydrogen-bond donors (Lipinski definition) is 2. The van der Waals surface area contributed by atoms with Crippen LogP contribution in [0.25, 0.3) is 21.8 Å². The summed E-state index contributed by atoms with van der Waals surface area (Å²) in [5, 5.41) is 7.32. The van der Waals surface area contributed by atoms with Crippen LogP contribution in [-0.4, -0.2) is 85.9 Å². The zero-order valence-electron chi connectivity index (χ0n) is 23.3. The van der Waals surface area contributed by atoms with Crippen LogP contribution in [0.15, 0.2) is 48.8 Å². The zero-order chi connectivity index (χ0) is 29.0. The second-order valence-corrected chi connectivity index (χ2v) is 12.3. The molecule has 0 aliphatic carbocycles. The van der Waals surface area contributed by atoms with Crippen LogP contribution in [0, 0.1) is 0 Å². The third kappa shape index (κ3) is 6.66. The summed E-state index contributed by atoms with van der Waals surface area (Å²) in [6, 6.07) is 11.3. The molecule has 4 heterocycles. The molecule has 0 unspecified atom stereocenters. The van der Waals surface area contributed by atoms with Gasteiger partial charge in [0.1, 0.15) is 17.3 Å². The number of nitrogens with zero attached hydrogens (tertiary/aromatic N) is 6. The van der Waals surface area contributed by atoms with Gasteiger partial charge < -0.3 is 25.0 Å². The zero-order valence-corrected chi connectivity index (χ0v) is 24.9. The maximum Gasteiger partial charge on any atom is 0.227 e. The fourth-order valence-electron chi connectivity index (χ4n) is 4.43. The van der Waals surface area contributed by atoms with E-state index < -0.39 is 10.0 Å². The summed E-state index contributed by atoms with van der Waals surface area (Å²) < 4.78 is 36.0.